The topological polar surface area (TPSA) is 58.2 Å². The van der Waals surface area contributed by atoms with Crippen molar-refractivity contribution in [2.24, 2.45) is 0 Å². The van der Waals surface area contributed by atoms with E-state index in [1.807, 2.05) is 30.3 Å². The molecule has 0 radical (unpaired) electrons. The van der Waals surface area contributed by atoms with Crippen molar-refractivity contribution in [1.82, 2.24) is 10.6 Å². The first-order valence-electron chi connectivity index (χ1n) is 4.68. The molecule has 2 N–H and O–H groups in total. The van der Waals surface area contributed by atoms with Crippen molar-refractivity contribution in [2.45, 2.75) is 13.0 Å². The third kappa shape index (κ3) is 3.09. The van der Waals surface area contributed by atoms with Crippen LogP contribution >= 0.6 is 0 Å². The lowest BCUT2D eigenvalue weighted by molar-refractivity contribution is -0.118. The molecule has 0 heterocycles. The number of amides is 2. The average Bonchev–Trinajstić information content (AvgIpc) is 2.26. The van der Waals surface area contributed by atoms with Crippen molar-refractivity contribution >= 4 is 11.8 Å². The minimum Gasteiger partial charge on any atom is -0.341 e. The van der Waals surface area contributed by atoms with E-state index >= 15 is 0 Å². The third-order valence-electron chi connectivity index (χ3n) is 2.04. The van der Waals surface area contributed by atoms with Gasteiger partial charge in [-0.15, -0.1) is 0 Å². The molecule has 1 atom stereocenters. The molecule has 0 fully saturated rings. The number of hydrogen-bond acceptors (Lipinski definition) is 2. The fraction of sp³-hybridized carbons (Fsp3) is 0.273. The van der Waals surface area contributed by atoms with Gasteiger partial charge >= 0.3 is 6.03 Å². The number of urea groups is 1. The van der Waals surface area contributed by atoms with Gasteiger partial charge in [0, 0.05) is 7.05 Å². The summed E-state index contributed by atoms with van der Waals surface area (Å²) >= 11 is 0. The third-order valence-corrected chi connectivity index (χ3v) is 2.04. The lowest BCUT2D eigenvalue weighted by Crippen LogP contribution is -2.38. The van der Waals surface area contributed by atoms with Crippen LogP contribution in [0.1, 0.15) is 18.5 Å². The lowest BCUT2D eigenvalue weighted by Gasteiger charge is -2.15. The molecular weight excluding hydrogens is 192 g/mol. The van der Waals surface area contributed by atoms with Gasteiger partial charge in [-0.3, -0.25) is 4.79 Å². The molecule has 1 rings (SSSR count). The minimum absolute atomic E-state index is 0.0928. The van der Waals surface area contributed by atoms with E-state index in [4.69, 9.17) is 0 Å². The summed E-state index contributed by atoms with van der Waals surface area (Å²) in [5.74, 6) is -0.0928. The second-order valence-corrected chi connectivity index (χ2v) is 3.18. The fourth-order valence-corrected chi connectivity index (χ4v) is 1.27. The van der Waals surface area contributed by atoms with E-state index < -0.39 is 6.04 Å². The molecule has 0 spiro atoms. The molecule has 2 amide bonds. The number of carbonyl (C=O) groups excluding carboxylic acids is 2. The van der Waals surface area contributed by atoms with Gasteiger partial charge in [-0.1, -0.05) is 30.3 Å². The summed E-state index contributed by atoms with van der Waals surface area (Å²) in [6.07, 6.45) is 0. The van der Waals surface area contributed by atoms with Gasteiger partial charge in [-0.05, 0) is 12.5 Å². The van der Waals surface area contributed by atoms with Crippen LogP contribution in [0, 0.1) is 0 Å². The van der Waals surface area contributed by atoms with E-state index in [0.29, 0.717) is 0 Å². The van der Waals surface area contributed by atoms with Gasteiger partial charge in [0.05, 0.1) is 0 Å². The van der Waals surface area contributed by atoms with Crippen LogP contribution < -0.4 is 10.6 Å². The Bertz CT molecular complexity index is 349. The molecular formula is C11H14N2O2. The summed E-state index contributed by atoms with van der Waals surface area (Å²) in [5, 5.41) is 5.00. The highest BCUT2D eigenvalue weighted by molar-refractivity contribution is 5.87. The van der Waals surface area contributed by atoms with Gasteiger partial charge in [-0.25, -0.2) is 4.79 Å². The normalized spacial score (nSPS) is 11.6. The molecule has 1 aromatic carbocycles. The van der Waals surface area contributed by atoms with Crippen LogP contribution in [-0.2, 0) is 4.79 Å². The smallest absolute Gasteiger partial charge is 0.315 e. The molecule has 0 aliphatic heterocycles. The van der Waals surface area contributed by atoms with Gasteiger partial charge < -0.3 is 10.6 Å². The molecule has 0 aromatic heterocycles. The second-order valence-electron chi connectivity index (χ2n) is 3.18. The van der Waals surface area contributed by atoms with Crippen LogP contribution in [0.15, 0.2) is 30.3 Å². The van der Waals surface area contributed by atoms with Crippen LogP contribution in [0.5, 0.6) is 0 Å². The number of ketones is 1. The SMILES string of the molecule is CNC(=O)NC(C(C)=O)c1ccccc1. The predicted molar refractivity (Wildman–Crippen MR) is 57.5 cm³/mol. The Hall–Kier alpha value is -1.84. The number of carbonyl (C=O) groups is 2. The van der Waals surface area contributed by atoms with Crippen molar-refractivity contribution in [1.29, 1.82) is 0 Å². The van der Waals surface area contributed by atoms with Crippen LogP contribution in [0.3, 0.4) is 0 Å². The van der Waals surface area contributed by atoms with Crippen molar-refractivity contribution < 1.29 is 9.59 Å². The molecule has 0 saturated carbocycles. The Balaban J connectivity index is 2.84. The molecule has 80 valence electrons. The Morgan fingerprint density at radius 3 is 2.27 bits per heavy atom. The lowest BCUT2D eigenvalue weighted by atomic mass is 10.0. The standard InChI is InChI=1S/C11H14N2O2/c1-8(14)10(13-11(15)12-2)9-6-4-3-5-7-9/h3-7,10H,1-2H3,(H2,12,13,15). The zero-order chi connectivity index (χ0) is 11.3. The second kappa shape index (κ2) is 5.14. The Kier molecular flexibility index (Phi) is 3.85. The number of rotatable bonds is 3. The van der Waals surface area contributed by atoms with Crippen LogP contribution in [0.25, 0.3) is 0 Å². The molecule has 4 heteroatoms. The molecule has 1 aromatic rings. The first-order valence-corrected chi connectivity index (χ1v) is 4.68. The van der Waals surface area contributed by atoms with Crippen LogP contribution in [-0.4, -0.2) is 18.9 Å². The fourth-order valence-electron chi connectivity index (χ4n) is 1.27. The highest BCUT2D eigenvalue weighted by Gasteiger charge is 2.17. The summed E-state index contributed by atoms with van der Waals surface area (Å²) < 4.78 is 0. The number of nitrogens with one attached hydrogen (secondary N) is 2. The molecule has 0 saturated heterocycles. The number of Topliss-reactive ketones (excluding diaryl/α,β-unsaturated/α-hetero) is 1. The quantitative estimate of drug-likeness (QED) is 0.781. The molecule has 0 aliphatic rings. The largest absolute Gasteiger partial charge is 0.341 e. The van der Waals surface area contributed by atoms with E-state index in [1.54, 1.807) is 0 Å². The van der Waals surface area contributed by atoms with E-state index in [2.05, 4.69) is 10.6 Å². The first-order chi connectivity index (χ1) is 7.15. The Morgan fingerprint density at radius 1 is 1.20 bits per heavy atom. The maximum Gasteiger partial charge on any atom is 0.315 e. The highest BCUT2D eigenvalue weighted by Crippen LogP contribution is 2.12. The van der Waals surface area contributed by atoms with Gasteiger partial charge in [0.15, 0.2) is 5.78 Å². The zero-order valence-electron chi connectivity index (χ0n) is 8.78. The van der Waals surface area contributed by atoms with E-state index in [1.165, 1.54) is 14.0 Å². The summed E-state index contributed by atoms with van der Waals surface area (Å²) in [6.45, 7) is 1.45. The highest BCUT2D eigenvalue weighted by atomic mass is 16.2. The first kappa shape index (κ1) is 11.2. The van der Waals surface area contributed by atoms with Gasteiger partial charge in [0.1, 0.15) is 6.04 Å². The minimum atomic E-state index is -0.578. The summed E-state index contributed by atoms with van der Waals surface area (Å²) in [4.78, 5) is 22.5. The van der Waals surface area contributed by atoms with E-state index in [9.17, 15) is 9.59 Å². The zero-order valence-corrected chi connectivity index (χ0v) is 8.78. The Labute approximate surface area is 88.7 Å². The van der Waals surface area contributed by atoms with Gasteiger partial charge in [-0.2, -0.15) is 0 Å². The maximum absolute atomic E-state index is 11.4. The summed E-state index contributed by atoms with van der Waals surface area (Å²) in [6, 6.07) is 8.20. The van der Waals surface area contributed by atoms with Gasteiger partial charge in [0.25, 0.3) is 0 Å². The van der Waals surface area contributed by atoms with Crippen molar-refractivity contribution in [3.8, 4) is 0 Å². The monoisotopic (exact) mass is 206 g/mol. The molecule has 0 bridgehead atoms. The van der Waals surface area contributed by atoms with E-state index in [0.717, 1.165) is 5.56 Å². The summed E-state index contributed by atoms with van der Waals surface area (Å²) in [5.41, 5.74) is 0.786. The molecule has 4 nitrogen and oxygen atoms in total. The van der Waals surface area contributed by atoms with Crippen molar-refractivity contribution in [3.63, 3.8) is 0 Å². The maximum atomic E-state index is 11.4. The predicted octanol–water partition coefficient (Wildman–Crippen LogP) is 1.25. The van der Waals surface area contributed by atoms with Crippen LogP contribution in [0.2, 0.25) is 0 Å². The number of hydrogen-bond donors (Lipinski definition) is 2. The van der Waals surface area contributed by atoms with Crippen LogP contribution in [0.4, 0.5) is 4.79 Å². The van der Waals surface area contributed by atoms with Crippen molar-refractivity contribution in [3.05, 3.63) is 35.9 Å². The molecule has 1 unspecified atom stereocenters. The molecule has 0 aliphatic carbocycles. The molecule has 15 heavy (non-hydrogen) atoms. The summed E-state index contributed by atoms with van der Waals surface area (Å²) in [7, 11) is 1.51. The average molecular weight is 206 g/mol. The Morgan fingerprint density at radius 2 is 1.80 bits per heavy atom. The van der Waals surface area contributed by atoms with E-state index in [-0.39, 0.29) is 11.8 Å². The van der Waals surface area contributed by atoms with Gasteiger partial charge in [0.2, 0.25) is 0 Å². The number of benzene rings is 1. The van der Waals surface area contributed by atoms with Crippen molar-refractivity contribution in [2.75, 3.05) is 7.05 Å².